The Kier molecular flexibility index (Phi) is 4.82. The second-order valence-corrected chi connectivity index (χ2v) is 7.30. The molecule has 2 N–H and O–H groups in total. The van der Waals surface area contributed by atoms with Gasteiger partial charge in [-0.1, -0.05) is 18.2 Å². The van der Waals surface area contributed by atoms with Crippen LogP contribution in [0.3, 0.4) is 0 Å². The number of sulfone groups is 1. The Morgan fingerprint density at radius 3 is 2.26 bits per heavy atom. The third-order valence-electron chi connectivity index (χ3n) is 3.16. The summed E-state index contributed by atoms with van der Waals surface area (Å²) in [5.74, 6) is -2.23. The molecular weight excluding hydrogens is 321 g/mol. The van der Waals surface area contributed by atoms with Crippen molar-refractivity contribution in [2.45, 2.75) is 17.4 Å². The van der Waals surface area contributed by atoms with Gasteiger partial charge < -0.3 is 10.4 Å². The number of aliphatic hydroxyl groups is 1. The lowest BCUT2D eigenvalue weighted by Gasteiger charge is -2.22. The first-order chi connectivity index (χ1) is 10.7. The van der Waals surface area contributed by atoms with E-state index in [1.54, 1.807) is 30.3 Å². The molecule has 2 rings (SSSR count). The molecule has 2 aromatic carbocycles. The molecule has 0 spiro atoms. The number of amides is 1. The number of benzene rings is 2. The molecule has 7 heteroatoms. The van der Waals surface area contributed by atoms with Gasteiger partial charge in [-0.15, -0.1) is 0 Å². The fourth-order valence-corrected chi connectivity index (χ4v) is 3.54. The van der Waals surface area contributed by atoms with Gasteiger partial charge in [0.1, 0.15) is 5.82 Å². The van der Waals surface area contributed by atoms with Crippen LogP contribution in [0.5, 0.6) is 0 Å². The van der Waals surface area contributed by atoms with Gasteiger partial charge in [0.25, 0.3) is 5.91 Å². The third kappa shape index (κ3) is 4.37. The molecule has 0 bridgehead atoms. The summed E-state index contributed by atoms with van der Waals surface area (Å²) < 4.78 is 37.4. The highest BCUT2D eigenvalue weighted by Crippen LogP contribution is 2.19. The van der Waals surface area contributed by atoms with Gasteiger partial charge >= 0.3 is 0 Å². The molecule has 0 aliphatic rings. The SMILES string of the molecule is CC(O)(CS(=O)(=O)c1ccc(F)cc1)C(=O)Nc1ccccc1. The number of hydrogen-bond acceptors (Lipinski definition) is 4. The molecule has 1 atom stereocenters. The summed E-state index contributed by atoms with van der Waals surface area (Å²) in [5, 5.41) is 12.7. The molecule has 0 aliphatic heterocycles. The van der Waals surface area contributed by atoms with Crippen molar-refractivity contribution in [2.75, 3.05) is 11.1 Å². The lowest BCUT2D eigenvalue weighted by molar-refractivity contribution is -0.130. The van der Waals surface area contributed by atoms with Crippen molar-refractivity contribution in [3.05, 3.63) is 60.4 Å². The summed E-state index contributed by atoms with van der Waals surface area (Å²) in [7, 11) is -3.95. The molecule has 0 saturated heterocycles. The predicted molar refractivity (Wildman–Crippen MR) is 84.1 cm³/mol. The fourth-order valence-electron chi connectivity index (χ4n) is 1.95. The maximum absolute atomic E-state index is 12.9. The highest BCUT2D eigenvalue weighted by Gasteiger charge is 2.36. The van der Waals surface area contributed by atoms with Crippen molar-refractivity contribution in [3.8, 4) is 0 Å². The standard InChI is InChI=1S/C16H16FNO4S/c1-16(20,15(19)18-13-5-3-2-4-6-13)11-23(21,22)14-9-7-12(17)8-10-14/h2-10,20H,11H2,1H3,(H,18,19). The van der Waals surface area contributed by atoms with E-state index in [1.807, 2.05) is 0 Å². The lowest BCUT2D eigenvalue weighted by Crippen LogP contribution is -2.45. The Labute approximate surface area is 133 Å². The topological polar surface area (TPSA) is 83.5 Å². The highest BCUT2D eigenvalue weighted by molar-refractivity contribution is 7.91. The van der Waals surface area contributed by atoms with Gasteiger partial charge in [-0.05, 0) is 43.3 Å². The number of carbonyl (C=O) groups is 1. The second kappa shape index (κ2) is 6.47. The zero-order chi connectivity index (χ0) is 17.1. The van der Waals surface area contributed by atoms with E-state index in [4.69, 9.17) is 0 Å². The Hall–Kier alpha value is -2.25. The van der Waals surface area contributed by atoms with Crippen LogP contribution in [-0.4, -0.2) is 30.8 Å². The molecule has 23 heavy (non-hydrogen) atoms. The largest absolute Gasteiger partial charge is 0.379 e. The molecule has 0 aromatic heterocycles. The van der Waals surface area contributed by atoms with E-state index in [9.17, 15) is 22.7 Å². The monoisotopic (exact) mass is 337 g/mol. The van der Waals surface area contributed by atoms with E-state index >= 15 is 0 Å². The van der Waals surface area contributed by atoms with Crippen LogP contribution in [0.25, 0.3) is 0 Å². The van der Waals surface area contributed by atoms with E-state index in [-0.39, 0.29) is 4.90 Å². The second-order valence-electron chi connectivity index (χ2n) is 5.31. The van der Waals surface area contributed by atoms with Crippen molar-refractivity contribution >= 4 is 21.4 Å². The average Bonchev–Trinajstić information content (AvgIpc) is 2.47. The van der Waals surface area contributed by atoms with Crippen LogP contribution < -0.4 is 5.32 Å². The molecule has 0 fully saturated rings. The number of halogens is 1. The summed E-state index contributed by atoms with van der Waals surface area (Å²) in [5.41, 5.74) is -1.69. The molecule has 2 aromatic rings. The summed E-state index contributed by atoms with van der Waals surface area (Å²) in [6.45, 7) is 1.12. The molecule has 0 saturated carbocycles. The van der Waals surface area contributed by atoms with E-state index in [2.05, 4.69) is 5.32 Å². The number of para-hydroxylation sites is 1. The van der Waals surface area contributed by atoms with Crippen molar-refractivity contribution in [1.29, 1.82) is 0 Å². The number of nitrogens with one attached hydrogen (secondary N) is 1. The van der Waals surface area contributed by atoms with Crippen LogP contribution in [-0.2, 0) is 14.6 Å². The molecule has 0 heterocycles. The first kappa shape index (κ1) is 17.1. The molecular formula is C16H16FNO4S. The number of anilines is 1. The third-order valence-corrected chi connectivity index (χ3v) is 5.10. The van der Waals surface area contributed by atoms with E-state index in [0.717, 1.165) is 31.2 Å². The minimum Gasteiger partial charge on any atom is -0.379 e. The zero-order valence-corrected chi connectivity index (χ0v) is 13.2. The van der Waals surface area contributed by atoms with Gasteiger partial charge in [0.05, 0.1) is 10.6 Å². The first-order valence-electron chi connectivity index (χ1n) is 6.78. The van der Waals surface area contributed by atoms with Gasteiger partial charge in [0.15, 0.2) is 15.4 Å². The van der Waals surface area contributed by atoms with Crippen molar-refractivity contribution in [3.63, 3.8) is 0 Å². The maximum Gasteiger partial charge on any atom is 0.257 e. The smallest absolute Gasteiger partial charge is 0.257 e. The van der Waals surface area contributed by atoms with Crippen LogP contribution in [0, 0.1) is 5.82 Å². The molecule has 1 unspecified atom stereocenters. The Bertz CT molecular complexity index is 787. The van der Waals surface area contributed by atoms with Crippen molar-refractivity contribution < 1.29 is 22.7 Å². The van der Waals surface area contributed by atoms with E-state index < -0.39 is 32.9 Å². The van der Waals surface area contributed by atoms with Gasteiger partial charge in [-0.25, -0.2) is 12.8 Å². The molecule has 1 amide bonds. The number of rotatable bonds is 5. The summed E-state index contributed by atoms with van der Waals surface area (Å²) in [6, 6.07) is 12.6. The van der Waals surface area contributed by atoms with Crippen LogP contribution in [0.4, 0.5) is 10.1 Å². The highest BCUT2D eigenvalue weighted by atomic mass is 32.2. The van der Waals surface area contributed by atoms with E-state index in [0.29, 0.717) is 5.69 Å². The minimum absolute atomic E-state index is 0.160. The molecule has 0 aliphatic carbocycles. The lowest BCUT2D eigenvalue weighted by atomic mass is 10.1. The number of hydrogen-bond donors (Lipinski definition) is 2. The van der Waals surface area contributed by atoms with E-state index in [1.165, 1.54) is 0 Å². The van der Waals surface area contributed by atoms with Gasteiger partial charge in [-0.2, -0.15) is 0 Å². The zero-order valence-electron chi connectivity index (χ0n) is 12.4. The normalized spacial score (nSPS) is 14.0. The summed E-state index contributed by atoms with van der Waals surface area (Å²) in [4.78, 5) is 12.0. The summed E-state index contributed by atoms with van der Waals surface area (Å²) in [6.07, 6.45) is 0. The quantitative estimate of drug-likeness (QED) is 0.817. The van der Waals surface area contributed by atoms with Gasteiger partial charge in [-0.3, -0.25) is 4.79 Å². The first-order valence-corrected chi connectivity index (χ1v) is 8.43. The predicted octanol–water partition coefficient (Wildman–Crippen LogP) is 1.99. The van der Waals surface area contributed by atoms with Crippen molar-refractivity contribution in [2.24, 2.45) is 0 Å². The maximum atomic E-state index is 12.9. The minimum atomic E-state index is -3.95. The van der Waals surface area contributed by atoms with Crippen LogP contribution >= 0.6 is 0 Å². The molecule has 5 nitrogen and oxygen atoms in total. The van der Waals surface area contributed by atoms with Gasteiger partial charge in [0.2, 0.25) is 0 Å². The van der Waals surface area contributed by atoms with Crippen LogP contribution in [0.15, 0.2) is 59.5 Å². The van der Waals surface area contributed by atoms with Gasteiger partial charge in [0, 0.05) is 5.69 Å². The molecule has 122 valence electrons. The van der Waals surface area contributed by atoms with Crippen LogP contribution in [0.2, 0.25) is 0 Å². The average molecular weight is 337 g/mol. The number of carbonyl (C=O) groups excluding carboxylic acids is 1. The Morgan fingerprint density at radius 1 is 1.13 bits per heavy atom. The molecule has 0 radical (unpaired) electrons. The summed E-state index contributed by atoms with van der Waals surface area (Å²) >= 11 is 0. The Balaban J connectivity index is 2.16. The fraction of sp³-hybridized carbons (Fsp3) is 0.188. The van der Waals surface area contributed by atoms with Crippen LogP contribution in [0.1, 0.15) is 6.92 Å². The van der Waals surface area contributed by atoms with Crippen molar-refractivity contribution in [1.82, 2.24) is 0 Å². The Morgan fingerprint density at radius 2 is 1.70 bits per heavy atom.